The molecule has 0 aromatic rings. The zero-order valence-corrected chi connectivity index (χ0v) is 9.75. The fourth-order valence-corrected chi connectivity index (χ4v) is 2.25. The Morgan fingerprint density at radius 3 is 2.79 bits per heavy atom. The van der Waals surface area contributed by atoms with Crippen molar-refractivity contribution in [2.75, 3.05) is 13.6 Å². The van der Waals surface area contributed by atoms with Crippen LogP contribution < -0.4 is 0 Å². The van der Waals surface area contributed by atoms with E-state index < -0.39 is 0 Å². The van der Waals surface area contributed by atoms with Gasteiger partial charge in [0.15, 0.2) is 0 Å². The van der Waals surface area contributed by atoms with Crippen LogP contribution in [0.15, 0.2) is 0 Å². The normalized spacial score (nSPS) is 24.6. The second kappa shape index (κ2) is 5.50. The Morgan fingerprint density at radius 2 is 2.29 bits per heavy atom. The van der Waals surface area contributed by atoms with Crippen molar-refractivity contribution < 1.29 is 4.79 Å². The molecule has 0 saturated heterocycles. The summed E-state index contributed by atoms with van der Waals surface area (Å²) in [7, 11) is 2.14. The van der Waals surface area contributed by atoms with Crippen LogP contribution in [-0.2, 0) is 4.79 Å². The summed E-state index contributed by atoms with van der Waals surface area (Å²) in [5.41, 5.74) is 0. The maximum absolute atomic E-state index is 11.5. The van der Waals surface area contributed by atoms with Gasteiger partial charge in [0.05, 0.1) is 0 Å². The highest BCUT2D eigenvalue weighted by Crippen LogP contribution is 2.22. The van der Waals surface area contributed by atoms with Crippen LogP contribution in [0.1, 0.15) is 46.0 Å². The van der Waals surface area contributed by atoms with Crippen molar-refractivity contribution in [1.29, 1.82) is 0 Å². The van der Waals surface area contributed by atoms with Crippen LogP contribution in [0.5, 0.6) is 0 Å². The van der Waals surface area contributed by atoms with Crippen molar-refractivity contribution in [3.05, 3.63) is 0 Å². The van der Waals surface area contributed by atoms with Gasteiger partial charge in [-0.1, -0.05) is 13.3 Å². The van der Waals surface area contributed by atoms with Gasteiger partial charge in [0, 0.05) is 24.9 Å². The van der Waals surface area contributed by atoms with E-state index in [1.807, 2.05) is 0 Å². The summed E-state index contributed by atoms with van der Waals surface area (Å²) in [6, 6.07) is 0.619. The van der Waals surface area contributed by atoms with Crippen molar-refractivity contribution in [3.63, 3.8) is 0 Å². The quantitative estimate of drug-likeness (QED) is 0.675. The van der Waals surface area contributed by atoms with Gasteiger partial charge in [0.25, 0.3) is 0 Å². The van der Waals surface area contributed by atoms with Crippen molar-refractivity contribution >= 4 is 5.78 Å². The molecule has 0 amide bonds. The van der Waals surface area contributed by atoms with E-state index in [0.717, 1.165) is 25.8 Å². The van der Waals surface area contributed by atoms with E-state index >= 15 is 0 Å². The Bertz CT molecular complexity index is 191. The zero-order chi connectivity index (χ0) is 10.6. The first kappa shape index (κ1) is 11.7. The average molecular weight is 197 g/mol. The van der Waals surface area contributed by atoms with E-state index in [1.54, 1.807) is 0 Å². The summed E-state index contributed by atoms with van der Waals surface area (Å²) >= 11 is 0. The summed E-state index contributed by atoms with van der Waals surface area (Å²) in [5, 5.41) is 0. The third-order valence-electron chi connectivity index (χ3n) is 3.40. The molecule has 0 radical (unpaired) electrons. The summed E-state index contributed by atoms with van der Waals surface area (Å²) < 4.78 is 0. The lowest BCUT2D eigenvalue weighted by Gasteiger charge is -2.26. The van der Waals surface area contributed by atoms with E-state index in [9.17, 15) is 4.79 Å². The van der Waals surface area contributed by atoms with Crippen LogP contribution in [0.2, 0.25) is 0 Å². The monoisotopic (exact) mass is 197 g/mol. The van der Waals surface area contributed by atoms with E-state index in [4.69, 9.17) is 0 Å². The highest BCUT2D eigenvalue weighted by Gasteiger charge is 2.26. The van der Waals surface area contributed by atoms with Crippen LogP contribution in [0.25, 0.3) is 0 Å². The van der Waals surface area contributed by atoms with Gasteiger partial charge in [0.2, 0.25) is 0 Å². The molecule has 82 valence electrons. The Morgan fingerprint density at radius 1 is 1.57 bits per heavy atom. The maximum Gasteiger partial charge on any atom is 0.137 e. The fourth-order valence-electron chi connectivity index (χ4n) is 2.25. The summed E-state index contributed by atoms with van der Waals surface area (Å²) in [6.07, 6.45) is 5.50. The SMILES string of the molecule is CCCC(C)N(C)CC1CCCC1=O. The minimum atomic E-state index is 0.333. The standard InChI is InChI=1S/C12H23NO/c1-4-6-10(2)13(3)9-11-7-5-8-12(11)14/h10-11H,4-9H2,1-3H3. The molecule has 0 N–H and O–H groups in total. The maximum atomic E-state index is 11.5. The van der Waals surface area contributed by atoms with Gasteiger partial charge in [-0.2, -0.15) is 0 Å². The molecule has 14 heavy (non-hydrogen) atoms. The molecule has 2 unspecified atom stereocenters. The molecule has 2 nitrogen and oxygen atoms in total. The molecule has 1 aliphatic rings. The van der Waals surface area contributed by atoms with E-state index in [1.165, 1.54) is 12.8 Å². The molecule has 0 aliphatic heterocycles. The molecular weight excluding hydrogens is 174 g/mol. The van der Waals surface area contributed by atoms with Crippen molar-refractivity contribution in [2.24, 2.45) is 5.92 Å². The number of hydrogen-bond donors (Lipinski definition) is 0. The average Bonchev–Trinajstić information content (AvgIpc) is 2.52. The fraction of sp³-hybridized carbons (Fsp3) is 0.917. The Kier molecular flexibility index (Phi) is 4.59. The minimum Gasteiger partial charge on any atom is -0.303 e. The van der Waals surface area contributed by atoms with E-state index in [0.29, 0.717) is 17.7 Å². The van der Waals surface area contributed by atoms with Crippen molar-refractivity contribution in [2.45, 2.75) is 52.0 Å². The first-order valence-electron chi connectivity index (χ1n) is 5.88. The lowest BCUT2D eigenvalue weighted by atomic mass is 10.1. The predicted octanol–water partition coefficient (Wildman–Crippen LogP) is 2.48. The molecule has 2 atom stereocenters. The van der Waals surface area contributed by atoms with Gasteiger partial charge in [0.1, 0.15) is 5.78 Å². The number of Topliss-reactive ketones (excluding diaryl/α,β-unsaturated/α-hetero) is 1. The second-order valence-corrected chi connectivity index (χ2v) is 4.63. The molecular formula is C12H23NO. The van der Waals surface area contributed by atoms with Gasteiger partial charge in [-0.05, 0) is 33.2 Å². The largest absolute Gasteiger partial charge is 0.303 e. The molecule has 1 rings (SSSR count). The highest BCUT2D eigenvalue weighted by atomic mass is 16.1. The van der Waals surface area contributed by atoms with Crippen LogP contribution in [0.4, 0.5) is 0 Å². The Labute approximate surface area is 87.7 Å². The molecule has 1 aliphatic carbocycles. The molecule has 0 spiro atoms. The Hall–Kier alpha value is -0.370. The number of carbonyl (C=O) groups excluding carboxylic acids is 1. The van der Waals surface area contributed by atoms with Gasteiger partial charge in [-0.15, -0.1) is 0 Å². The summed E-state index contributed by atoms with van der Waals surface area (Å²) in [4.78, 5) is 13.8. The van der Waals surface area contributed by atoms with Gasteiger partial charge in [-0.25, -0.2) is 0 Å². The molecule has 0 bridgehead atoms. The molecule has 0 heterocycles. The topological polar surface area (TPSA) is 20.3 Å². The summed E-state index contributed by atoms with van der Waals surface area (Å²) in [6.45, 7) is 5.44. The molecule has 1 fully saturated rings. The second-order valence-electron chi connectivity index (χ2n) is 4.63. The zero-order valence-electron chi connectivity index (χ0n) is 9.75. The van der Waals surface area contributed by atoms with Crippen LogP contribution in [0, 0.1) is 5.92 Å². The number of ketones is 1. The van der Waals surface area contributed by atoms with Crippen LogP contribution in [-0.4, -0.2) is 30.3 Å². The molecule has 0 aromatic carbocycles. The number of rotatable bonds is 5. The van der Waals surface area contributed by atoms with Crippen molar-refractivity contribution in [1.82, 2.24) is 4.90 Å². The Balaban J connectivity index is 2.31. The highest BCUT2D eigenvalue weighted by molar-refractivity contribution is 5.83. The lowest BCUT2D eigenvalue weighted by Crippen LogP contribution is -2.34. The first-order chi connectivity index (χ1) is 6.65. The molecule has 1 saturated carbocycles. The van der Waals surface area contributed by atoms with Gasteiger partial charge < -0.3 is 4.90 Å². The first-order valence-corrected chi connectivity index (χ1v) is 5.88. The number of carbonyl (C=O) groups is 1. The smallest absolute Gasteiger partial charge is 0.137 e. The van der Waals surface area contributed by atoms with Gasteiger partial charge >= 0.3 is 0 Å². The summed E-state index contributed by atoms with van der Waals surface area (Å²) in [5.74, 6) is 0.819. The van der Waals surface area contributed by atoms with Crippen LogP contribution in [0.3, 0.4) is 0 Å². The van der Waals surface area contributed by atoms with E-state index in [-0.39, 0.29) is 0 Å². The third-order valence-corrected chi connectivity index (χ3v) is 3.40. The minimum absolute atomic E-state index is 0.333. The molecule has 2 heteroatoms. The van der Waals surface area contributed by atoms with Gasteiger partial charge in [-0.3, -0.25) is 4.79 Å². The van der Waals surface area contributed by atoms with Crippen molar-refractivity contribution in [3.8, 4) is 0 Å². The number of hydrogen-bond acceptors (Lipinski definition) is 2. The molecule has 0 aromatic heterocycles. The van der Waals surface area contributed by atoms with Crippen LogP contribution >= 0.6 is 0 Å². The number of nitrogens with zero attached hydrogens (tertiary/aromatic N) is 1. The third kappa shape index (κ3) is 3.09. The predicted molar refractivity (Wildman–Crippen MR) is 59.3 cm³/mol. The van der Waals surface area contributed by atoms with E-state index in [2.05, 4.69) is 25.8 Å². The lowest BCUT2D eigenvalue weighted by molar-refractivity contribution is -0.121.